The molecule has 6 heteroatoms. The van der Waals surface area contributed by atoms with Crippen molar-refractivity contribution in [1.82, 2.24) is 4.90 Å². The molecule has 30 heavy (non-hydrogen) atoms. The predicted octanol–water partition coefficient (Wildman–Crippen LogP) is 5.20. The number of anilines is 1. The molecule has 3 rings (SSSR count). The smallest absolute Gasteiger partial charge is 0.324 e. The SMILES string of the molecule is CCN(CC)C(=O)N(C)c1ccc(COc2cc(F)cc(C3CCOCC3)c2)cc1. The number of urea groups is 1. The van der Waals surface area contributed by atoms with Crippen molar-refractivity contribution in [3.05, 3.63) is 59.4 Å². The number of amides is 2. The van der Waals surface area contributed by atoms with Crippen molar-refractivity contribution >= 4 is 11.7 Å². The van der Waals surface area contributed by atoms with E-state index < -0.39 is 0 Å². The highest BCUT2D eigenvalue weighted by molar-refractivity contribution is 5.91. The van der Waals surface area contributed by atoms with E-state index in [2.05, 4.69) is 0 Å². The number of carbonyl (C=O) groups is 1. The summed E-state index contributed by atoms with van der Waals surface area (Å²) in [5, 5.41) is 0. The fourth-order valence-corrected chi connectivity index (χ4v) is 3.73. The summed E-state index contributed by atoms with van der Waals surface area (Å²) in [6, 6.07) is 12.6. The Bertz CT molecular complexity index is 831. The van der Waals surface area contributed by atoms with Crippen molar-refractivity contribution in [3.8, 4) is 5.75 Å². The third kappa shape index (κ3) is 5.51. The van der Waals surface area contributed by atoms with Gasteiger partial charge in [-0.1, -0.05) is 12.1 Å². The molecule has 5 nitrogen and oxygen atoms in total. The third-order valence-corrected chi connectivity index (χ3v) is 5.64. The van der Waals surface area contributed by atoms with Crippen LogP contribution in [0.15, 0.2) is 42.5 Å². The zero-order valence-electron chi connectivity index (χ0n) is 18.1. The van der Waals surface area contributed by atoms with Crippen LogP contribution < -0.4 is 9.64 Å². The molecule has 0 bridgehead atoms. The molecule has 0 atom stereocenters. The summed E-state index contributed by atoms with van der Waals surface area (Å²) in [4.78, 5) is 15.9. The number of carbonyl (C=O) groups excluding carboxylic acids is 1. The molecule has 0 saturated carbocycles. The molecule has 1 aliphatic rings. The highest BCUT2D eigenvalue weighted by Gasteiger charge is 2.18. The average molecular weight is 415 g/mol. The largest absolute Gasteiger partial charge is 0.489 e. The van der Waals surface area contributed by atoms with Crippen molar-refractivity contribution in [2.45, 2.75) is 39.2 Å². The van der Waals surface area contributed by atoms with Gasteiger partial charge < -0.3 is 14.4 Å². The van der Waals surface area contributed by atoms with Crippen LogP contribution in [0.3, 0.4) is 0 Å². The molecule has 1 saturated heterocycles. The molecule has 0 radical (unpaired) electrons. The van der Waals surface area contributed by atoms with Gasteiger partial charge in [0.1, 0.15) is 18.2 Å². The van der Waals surface area contributed by atoms with Crippen molar-refractivity contribution < 1.29 is 18.7 Å². The summed E-state index contributed by atoms with van der Waals surface area (Å²) in [5.41, 5.74) is 2.75. The van der Waals surface area contributed by atoms with Crippen LogP contribution >= 0.6 is 0 Å². The van der Waals surface area contributed by atoms with E-state index >= 15 is 0 Å². The van der Waals surface area contributed by atoms with Gasteiger partial charge in [-0.25, -0.2) is 9.18 Å². The Morgan fingerprint density at radius 2 is 1.77 bits per heavy atom. The normalized spacial score (nSPS) is 14.4. The van der Waals surface area contributed by atoms with E-state index in [1.54, 1.807) is 22.9 Å². The van der Waals surface area contributed by atoms with E-state index in [-0.39, 0.29) is 11.8 Å². The lowest BCUT2D eigenvalue weighted by atomic mass is 9.91. The average Bonchev–Trinajstić information content (AvgIpc) is 2.78. The molecule has 0 spiro atoms. The van der Waals surface area contributed by atoms with Gasteiger partial charge >= 0.3 is 6.03 Å². The maximum atomic E-state index is 14.1. The number of benzene rings is 2. The number of rotatable bonds is 7. The third-order valence-electron chi connectivity index (χ3n) is 5.64. The Kier molecular flexibility index (Phi) is 7.69. The van der Waals surface area contributed by atoms with Gasteiger partial charge in [-0.2, -0.15) is 0 Å². The molecule has 2 amide bonds. The molecular weight excluding hydrogens is 383 g/mol. The maximum Gasteiger partial charge on any atom is 0.324 e. The van der Waals surface area contributed by atoms with Crippen LogP contribution in [-0.4, -0.2) is 44.3 Å². The van der Waals surface area contributed by atoms with Gasteiger partial charge in [0.15, 0.2) is 0 Å². The molecule has 2 aromatic carbocycles. The first-order valence-corrected chi connectivity index (χ1v) is 10.6. The fourth-order valence-electron chi connectivity index (χ4n) is 3.73. The summed E-state index contributed by atoms with van der Waals surface area (Å²) in [7, 11) is 1.77. The van der Waals surface area contributed by atoms with Gasteiger partial charge in [-0.3, -0.25) is 4.90 Å². The van der Waals surface area contributed by atoms with E-state index in [1.165, 1.54) is 6.07 Å². The minimum atomic E-state index is -0.277. The van der Waals surface area contributed by atoms with Crippen LogP contribution in [0.25, 0.3) is 0 Å². The molecule has 1 heterocycles. The molecular formula is C24H31FN2O3. The lowest BCUT2D eigenvalue weighted by Crippen LogP contribution is -2.41. The summed E-state index contributed by atoms with van der Waals surface area (Å²) in [5.74, 6) is 0.574. The molecule has 0 N–H and O–H groups in total. The van der Waals surface area contributed by atoms with Crippen LogP contribution in [0.5, 0.6) is 5.75 Å². The molecule has 0 unspecified atom stereocenters. The van der Waals surface area contributed by atoms with Gasteiger partial charge in [-0.05, 0) is 68.0 Å². The molecule has 0 aliphatic carbocycles. The number of halogens is 1. The second kappa shape index (κ2) is 10.4. The van der Waals surface area contributed by atoms with E-state index in [0.717, 1.165) is 42.9 Å². The predicted molar refractivity (Wildman–Crippen MR) is 117 cm³/mol. The lowest BCUT2D eigenvalue weighted by Gasteiger charge is -2.26. The van der Waals surface area contributed by atoms with Crippen molar-refractivity contribution in [2.24, 2.45) is 0 Å². The topological polar surface area (TPSA) is 42.0 Å². The zero-order valence-corrected chi connectivity index (χ0v) is 18.1. The summed E-state index contributed by atoms with van der Waals surface area (Å²) >= 11 is 0. The van der Waals surface area contributed by atoms with Gasteiger partial charge in [0.25, 0.3) is 0 Å². The van der Waals surface area contributed by atoms with Crippen LogP contribution in [0, 0.1) is 5.82 Å². The van der Waals surface area contributed by atoms with E-state index in [9.17, 15) is 9.18 Å². The lowest BCUT2D eigenvalue weighted by molar-refractivity contribution is 0.0852. The van der Waals surface area contributed by atoms with Crippen LogP contribution in [0.1, 0.15) is 43.7 Å². The molecule has 0 aromatic heterocycles. The quantitative estimate of drug-likeness (QED) is 0.626. The van der Waals surface area contributed by atoms with Crippen molar-refractivity contribution in [1.29, 1.82) is 0 Å². The van der Waals surface area contributed by atoms with Crippen LogP contribution in [0.4, 0.5) is 14.9 Å². The number of hydrogen-bond donors (Lipinski definition) is 0. The van der Waals surface area contributed by atoms with Crippen LogP contribution in [-0.2, 0) is 11.3 Å². The minimum Gasteiger partial charge on any atom is -0.489 e. The van der Waals surface area contributed by atoms with Gasteiger partial charge in [-0.15, -0.1) is 0 Å². The summed E-state index contributed by atoms with van der Waals surface area (Å²) in [6.45, 7) is 7.06. The monoisotopic (exact) mass is 414 g/mol. The Morgan fingerprint density at radius 3 is 2.40 bits per heavy atom. The summed E-state index contributed by atoms with van der Waals surface area (Å²) in [6.07, 6.45) is 1.81. The van der Waals surface area contributed by atoms with Gasteiger partial charge in [0.2, 0.25) is 0 Å². The Morgan fingerprint density at radius 1 is 1.10 bits per heavy atom. The molecule has 162 valence electrons. The fraction of sp³-hybridized carbons (Fsp3) is 0.458. The minimum absolute atomic E-state index is 0.0237. The number of hydrogen-bond acceptors (Lipinski definition) is 3. The van der Waals surface area contributed by atoms with Crippen LogP contribution in [0.2, 0.25) is 0 Å². The van der Waals surface area contributed by atoms with Crippen molar-refractivity contribution in [3.63, 3.8) is 0 Å². The first-order chi connectivity index (χ1) is 14.5. The van der Waals surface area contributed by atoms with Gasteiger partial charge in [0, 0.05) is 45.1 Å². The van der Waals surface area contributed by atoms with E-state index in [1.807, 2.05) is 44.2 Å². The Balaban J connectivity index is 1.62. The molecule has 2 aromatic rings. The first-order valence-electron chi connectivity index (χ1n) is 10.6. The second-order valence-electron chi connectivity index (χ2n) is 7.58. The Hall–Kier alpha value is -2.60. The Labute approximate surface area is 178 Å². The van der Waals surface area contributed by atoms with Crippen molar-refractivity contribution in [2.75, 3.05) is 38.3 Å². The second-order valence-corrected chi connectivity index (χ2v) is 7.58. The number of nitrogens with zero attached hydrogens (tertiary/aromatic N) is 2. The van der Waals surface area contributed by atoms with E-state index in [0.29, 0.717) is 31.4 Å². The standard InChI is InChI=1S/C24H31FN2O3/c1-4-27(5-2)24(28)26(3)22-8-6-18(7-9-22)17-30-23-15-20(14-21(25)16-23)19-10-12-29-13-11-19/h6-9,14-16,19H,4-5,10-13,17H2,1-3H3. The first kappa shape index (κ1) is 22.1. The number of ether oxygens (including phenoxy) is 2. The van der Waals surface area contributed by atoms with Gasteiger partial charge in [0.05, 0.1) is 0 Å². The molecule has 1 fully saturated rings. The summed E-state index contributed by atoms with van der Waals surface area (Å²) < 4.78 is 25.4. The highest BCUT2D eigenvalue weighted by Crippen LogP contribution is 2.30. The molecule has 1 aliphatic heterocycles. The van der Waals surface area contributed by atoms with E-state index in [4.69, 9.17) is 9.47 Å². The highest BCUT2D eigenvalue weighted by atomic mass is 19.1. The maximum absolute atomic E-state index is 14.1. The zero-order chi connectivity index (χ0) is 21.5.